The van der Waals surface area contributed by atoms with E-state index in [2.05, 4.69) is 10.6 Å². The van der Waals surface area contributed by atoms with E-state index in [0.717, 1.165) is 5.56 Å². The molecule has 2 aromatic carbocycles. The van der Waals surface area contributed by atoms with Crippen LogP contribution in [0.1, 0.15) is 22.8 Å². The highest BCUT2D eigenvalue weighted by molar-refractivity contribution is 6.37. The monoisotopic (exact) mass is 440 g/mol. The number of nitrogens with one attached hydrogen (secondary N) is 2. The fourth-order valence-corrected chi connectivity index (χ4v) is 3.14. The lowest BCUT2D eigenvalue weighted by Gasteiger charge is -2.13. The van der Waals surface area contributed by atoms with Gasteiger partial charge >= 0.3 is 0 Å². The molecule has 2 rings (SSSR count). The van der Waals surface area contributed by atoms with E-state index in [1.54, 1.807) is 18.2 Å². The number of hydrogen-bond acceptors (Lipinski definition) is 5. The van der Waals surface area contributed by atoms with Crippen LogP contribution in [0.25, 0.3) is 0 Å². The van der Waals surface area contributed by atoms with E-state index in [1.165, 1.54) is 26.4 Å². The summed E-state index contributed by atoms with van der Waals surface area (Å²) >= 11 is 12.2. The van der Waals surface area contributed by atoms with Gasteiger partial charge in [0.05, 0.1) is 24.3 Å². The lowest BCUT2D eigenvalue weighted by molar-refractivity contribution is -0.123. The molecular weight excluding hydrogens is 419 g/mol. The lowest BCUT2D eigenvalue weighted by atomic mass is 10.1. The molecule has 156 valence electrons. The molecule has 0 aliphatic rings. The quantitative estimate of drug-likeness (QED) is 0.623. The zero-order chi connectivity index (χ0) is 21.4. The van der Waals surface area contributed by atoms with Crippen LogP contribution in [0.5, 0.6) is 17.2 Å². The van der Waals surface area contributed by atoms with E-state index in [1.807, 2.05) is 6.92 Å². The predicted molar refractivity (Wildman–Crippen MR) is 111 cm³/mol. The number of benzene rings is 2. The predicted octanol–water partition coefficient (Wildman–Crippen LogP) is 3.46. The van der Waals surface area contributed by atoms with Crippen LogP contribution in [0.3, 0.4) is 0 Å². The van der Waals surface area contributed by atoms with Crippen molar-refractivity contribution in [2.24, 2.45) is 0 Å². The third-order valence-corrected chi connectivity index (χ3v) is 4.44. The molecule has 0 radical (unpaired) electrons. The second-order valence-corrected chi connectivity index (χ2v) is 6.70. The number of hydrogen-bond donors (Lipinski definition) is 2. The Morgan fingerprint density at radius 1 is 0.966 bits per heavy atom. The highest BCUT2D eigenvalue weighted by Gasteiger charge is 2.14. The van der Waals surface area contributed by atoms with Crippen LogP contribution in [-0.2, 0) is 11.3 Å². The van der Waals surface area contributed by atoms with Crippen molar-refractivity contribution in [2.45, 2.75) is 13.5 Å². The Bertz CT molecular complexity index is 866. The van der Waals surface area contributed by atoms with Crippen LogP contribution >= 0.6 is 23.2 Å². The molecule has 0 fully saturated rings. The van der Waals surface area contributed by atoms with Gasteiger partial charge in [0.25, 0.3) is 11.8 Å². The van der Waals surface area contributed by atoms with E-state index in [-0.39, 0.29) is 35.0 Å². The number of methoxy groups -OCH3 is 2. The van der Waals surface area contributed by atoms with E-state index in [4.69, 9.17) is 37.4 Å². The molecule has 0 atom stereocenters. The minimum Gasteiger partial charge on any atom is -0.494 e. The Balaban J connectivity index is 2.03. The summed E-state index contributed by atoms with van der Waals surface area (Å²) < 4.78 is 15.9. The molecule has 0 aliphatic heterocycles. The van der Waals surface area contributed by atoms with E-state index in [9.17, 15) is 9.59 Å². The fourth-order valence-electron chi connectivity index (χ4n) is 2.50. The van der Waals surface area contributed by atoms with E-state index in [0.29, 0.717) is 29.4 Å². The smallest absolute Gasteiger partial charge is 0.257 e. The van der Waals surface area contributed by atoms with Gasteiger partial charge in [-0.15, -0.1) is 0 Å². The number of rotatable bonds is 9. The molecule has 0 saturated heterocycles. The summed E-state index contributed by atoms with van der Waals surface area (Å²) in [5.41, 5.74) is 1.10. The summed E-state index contributed by atoms with van der Waals surface area (Å²) in [4.78, 5) is 23.9. The van der Waals surface area contributed by atoms with Gasteiger partial charge in [-0.1, -0.05) is 29.3 Å². The lowest BCUT2D eigenvalue weighted by Crippen LogP contribution is -2.28. The normalized spacial score (nSPS) is 10.2. The molecule has 9 heteroatoms. The molecule has 2 N–H and O–H groups in total. The molecule has 0 aliphatic carbocycles. The number of halogens is 2. The maximum Gasteiger partial charge on any atom is 0.257 e. The number of carbonyl (C=O) groups excluding carboxylic acids is 2. The first-order valence-corrected chi connectivity index (χ1v) is 9.52. The summed E-state index contributed by atoms with van der Waals surface area (Å²) in [6.45, 7) is 2.49. The summed E-state index contributed by atoms with van der Waals surface area (Å²) in [7, 11) is 2.95. The van der Waals surface area contributed by atoms with Crippen LogP contribution in [-0.4, -0.2) is 39.2 Å². The summed E-state index contributed by atoms with van der Waals surface area (Å²) in [5, 5.41) is 5.94. The van der Waals surface area contributed by atoms with Crippen molar-refractivity contribution in [3.63, 3.8) is 0 Å². The molecule has 0 unspecified atom stereocenters. The Morgan fingerprint density at radius 2 is 1.66 bits per heavy atom. The summed E-state index contributed by atoms with van der Waals surface area (Å²) in [6.07, 6.45) is 0. The zero-order valence-electron chi connectivity index (χ0n) is 16.3. The van der Waals surface area contributed by atoms with Crippen molar-refractivity contribution in [3.05, 3.63) is 51.5 Å². The fraction of sp³-hybridized carbons (Fsp3) is 0.300. The average Bonchev–Trinajstić information content (AvgIpc) is 2.70. The molecule has 29 heavy (non-hydrogen) atoms. The van der Waals surface area contributed by atoms with Gasteiger partial charge in [-0.3, -0.25) is 9.59 Å². The van der Waals surface area contributed by atoms with Crippen LogP contribution in [0.2, 0.25) is 10.0 Å². The number of ether oxygens (including phenoxy) is 3. The number of likely N-dealkylation sites (N-methyl/N-ethyl adjacent to an activating group) is 1. The molecule has 2 aromatic rings. The second kappa shape index (κ2) is 10.8. The standard InChI is InChI=1S/C20H22Cl2N2O5/c1-4-23-18(25)11-29-16-6-5-12(7-17(16)27-2)10-24-20(26)13-8-14(21)19(28-3)15(22)9-13/h5-9H,4,10-11H2,1-3H3,(H,23,25)(H,24,26). The van der Waals surface area contributed by atoms with E-state index >= 15 is 0 Å². The molecule has 0 heterocycles. The third kappa shape index (κ3) is 6.17. The first kappa shape index (κ1) is 22.6. The van der Waals surface area contributed by atoms with Gasteiger partial charge in [0.2, 0.25) is 0 Å². The van der Waals surface area contributed by atoms with Crippen molar-refractivity contribution in [1.82, 2.24) is 10.6 Å². The molecule has 0 spiro atoms. The summed E-state index contributed by atoms with van der Waals surface area (Å²) in [5.74, 6) is 0.645. The Kier molecular flexibility index (Phi) is 8.42. The number of carbonyl (C=O) groups is 2. The van der Waals surface area contributed by atoms with Crippen LogP contribution in [0.4, 0.5) is 0 Å². The van der Waals surface area contributed by atoms with Gasteiger partial charge in [-0.05, 0) is 36.8 Å². The van der Waals surface area contributed by atoms with Gasteiger partial charge in [0.15, 0.2) is 23.9 Å². The molecule has 0 aromatic heterocycles. The Labute approximate surface area is 179 Å². The maximum absolute atomic E-state index is 12.4. The highest BCUT2D eigenvalue weighted by Crippen LogP contribution is 2.34. The van der Waals surface area contributed by atoms with Crippen molar-refractivity contribution in [1.29, 1.82) is 0 Å². The average molecular weight is 441 g/mol. The Morgan fingerprint density at radius 3 is 2.24 bits per heavy atom. The van der Waals surface area contributed by atoms with Crippen LogP contribution in [0.15, 0.2) is 30.3 Å². The van der Waals surface area contributed by atoms with Gasteiger partial charge < -0.3 is 24.8 Å². The topological polar surface area (TPSA) is 85.9 Å². The Hall–Kier alpha value is -2.64. The van der Waals surface area contributed by atoms with Crippen molar-refractivity contribution in [2.75, 3.05) is 27.4 Å². The third-order valence-electron chi connectivity index (χ3n) is 3.88. The van der Waals surface area contributed by atoms with Gasteiger partial charge in [-0.25, -0.2) is 0 Å². The SMILES string of the molecule is CCNC(=O)COc1ccc(CNC(=O)c2cc(Cl)c(OC)c(Cl)c2)cc1OC. The molecule has 0 saturated carbocycles. The largest absolute Gasteiger partial charge is 0.494 e. The first-order valence-electron chi connectivity index (χ1n) is 8.77. The summed E-state index contributed by atoms with van der Waals surface area (Å²) in [6, 6.07) is 8.15. The molecule has 2 amide bonds. The molecule has 7 nitrogen and oxygen atoms in total. The van der Waals surface area contributed by atoms with E-state index < -0.39 is 0 Å². The van der Waals surface area contributed by atoms with Crippen LogP contribution < -0.4 is 24.8 Å². The van der Waals surface area contributed by atoms with Crippen molar-refractivity contribution >= 4 is 35.0 Å². The zero-order valence-corrected chi connectivity index (χ0v) is 17.8. The first-order chi connectivity index (χ1) is 13.9. The van der Waals surface area contributed by atoms with Gasteiger partial charge in [0, 0.05) is 18.7 Å². The maximum atomic E-state index is 12.4. The highest BCUT2D eigenvalue weighted by atomic mass is 35.5. The van der Waals surface area contributed by atoms with Gasteiger partial charge in [0.1, 0.15) is 0 Å². The second-order valence-electron chi connectivity index (χ2n) is 5.88. The van der Waals surface area contributed by atoms with Crippen molar-refractivity contribution < 1.29 is 23.8 Å². The van der Waals surface area contributed by atoms with Gasteiger partial charge in [-0.2, -0.15) is 0 Å². The molecular formula is C20H22Cl2N2O5. The molecule has 0 bridgehead atoms. The number of amides is 2. The van der Waals surface area contributed by atoms with Crippen molar-refractivity contribution in [3.8, 4) is 17.2 Å². The van der Waals surface area contributed by atoms with Crippen LogP contribution in [0, 0.1) is 0 Å². The minimum absolute atomic E-state index is 0.112. The minimum atomic E-state index is -0.341.